The van der Waals surface area contributed by atoms with Crippen molar-refractivity contribution in [3.63, 3.8) is 0 Å². The molecule has 0 rings (SSSR count). The summed E-state index contributed by atoms with van der Waals surface area (Å²) in [6.45, 7) is 6.43. The Morgan fingerprint density at radius 3 is 0.956 bits per heavy atom. The zero-order valence-corrected chi connectivity index (χ0v) is 44.3. The maximum Gasteiger partial charge on any atom is 0.306 e. The number of carbonyl (C=O) groups excluding carboxylic acids is 3. The fraction of sp³-hybridized carbons (Fsp3) is 0.694. The van der Waals surface area contributed by atoms with E-state index < -0.39 is 6.10 Å². The van der Waals surface area contributed by atoms with Crippen molar-refractivity contribution in [2.45, 2.75) is 264 Å². The first-order valence-corrected chi connectivity index (χ1v) is 28.3. The van der Waals surface area contributed by atoms with Crippen LogP contribution in [0.15, 0.2) is 97.2 Å². The van der Waals surface area contributed by atoms with Crippen LogP contribution in [0.25, 0.3) is 0 Å². The average Bonchev–Trinajstić information content (AvgIpc) is 3.34. The predicted molar refractivity (Wildman–Crippen MR) is 293 cm³/mol. The molecule has 0 N–H and O–H groups in total. The fourth-order valence-electron chi connectivity index (χ4n) is 7.68. The van der Waals surface area contributed by atoms with E-state index >= 15 is 0 Å². The summed E-state index contributed by atoms with van der Waals surface area (Å²) in [4.78, 5) is 38.1. The minimum atomic E-state index is -0.807. The molecule has 68 heavy (non-hydrogen) atoms. The Bertz CT molecular complexity index is 1360. The maximum absolute atomic E-state index is 12.8. The summed E-state index contributed by atoms with van der Waals surface area (Å²) in [5.74, 6) is -0.964. The molecule has 0 aliphatic rings. The third kappa shape index (κ3) is 53.3. The Morgan fingerprint density at radius 2 is 0.588 bits per heavy atom. The summed E-state index contributed by atoms with van der Waals surface area (Å²) in [5.41, 5.74) is 0. The maximum atomic E-state index is 12.8. The molecule has 0 saturated heterocycles. The van der Waals surface area contributed by atoms with Gasteiger partial charge in [0, 0.05) is 19.3 Å². The highest BCUT2D eigenvalue weighted by atomic mass is 16.6. The molecule has 0 spiro atoms. The van der Waals surface area contributed by atoms with Crippen LogP contribution in [0.1, 0.15) is 258 Å². The molecular formula is C62H104O6. The minimum absolute atomic E-state index is 0.102. The van der Waals surface area contributed by atoms with Gasteiger partial charge in [-0.25, -0.2) is 0 Å². The molecule has 0 aromatic carbocycles. The van der Waals surface area contributed by atoms with Gasteiger partial charge in [-0.3, -0.25) is 14.4 Å². The molecule has 6 nitrogen and oxygen atoms in total. The molecule has 1 unspecified atom stereocenters. The van der Waals surface area contributed by atoms with Gasteiger partial charge in [0.05, 0.1) is 0 Å². The minimum Gasteiger partial charge on any atom is -0.462 e. The number of hydrogen-bond acceptors (Lipinski definition) is 6. The third-order valence-corrected chi connectivity index (χ3v) is 11.9. The average molecular weight is 946 g/mol. The summed E-state index contributed by atoms with van der Waals surface area (Å²) in [6, 6.07) is 0. The van der Waals surface area contributed by atoms with Crippen LogP contribution in [-0.4, -0.2) is 37.2 Å². The summed E-state index contributed by atoms with van der Waals surface area (Å²) >= 11 is 0. The molecule has 0 saturated carbocycles. The molecule has 0 fully saturated rings. The SMILES string of the molecule is CC/C=C/C=C/C=C/C=C/CCCCCC(=O)OCC(COC(=O)CCCCCCCCC/C=C/CCCCCCCCCC)OC(=O)CCCCCCC/C=C/C=C/C=C/CCCCCCC. The zero-order valence-electron chi connectivity index (χ0n) is 44.3. The largest absolute Gasteiger partial charge is 0.462 e. The van der Waals surface area contributed by atoms with E-state index in [0.29, 0.717) is 19.3 Å². The molecule has 0 aliphatic heterocycles. The van der Waals surface area contributed by atoms with Crippen molar-refractivity contribution in [3.8, 4) is 0 Å². The molecule has 6 heteroatoms. The molecular weight excluding hydrogens is 841 g/mol. The van der Waals surface area contributed by atoms with Gasteiger partial charge in [-0.2, -0.15) is 0 Å². The number of unbranched alkanes of at least 4 members (excludes halogenated alkanes) is 28. The predicted octanol–water partition coefficient (Wildman–Crippen LogP) is 18.9. The number of rotatable bonds is 50. The topological polar surface area (TPSA) is 78.9 Å². The van der Waals surface area contributed by atoms with Gasteiger partial charge in [-0.05, 0) is 89.9 Å². The molecule has 0 amide bonds. The van der Waals surface area contributed by atoms with E-state index in [9.17, 15) is 14.4 Å². The lowest BCUT2D eigenvalue weighted by atomic mass is 10.1. The van der Waals surface area contributed by atoms with Crippen LogP contribution in [0, 0.1) is 0 Å². The first-order valence-electron chi connectivity index (χ1n) is 28.3. The van der Waals surface area contributed by atoms with Crippen LogP contribution < -0.4 is 0 Å². The number of ether oxygens (including phenoxy) is 3. The second-order valence-corrected chi connectivity index (χ2v) is 18.6. The summed E-state index contributed by atoms with van der Waals surface area (Å²) < 4.78 is 16.8. The van der Waals surface area contributed by atoms with Crippen molar-refractivity contribution >= 4 is 17.9 Å². The molecule has 0 heterocycles. The first-order chi connectivity index (χ1) is 33.5. The standard InChI is InChI=1S/C62H104O6/c1-4-7-10-13-16-19-22-25-27-29-31-33-34-37-40-43-46-49-52-55-61(64)67-58-59(57-66-60(63)54-51-48-45-42-39-36-24-21-18-15-12-9-6-3)68-62(65)56-53-50-47-44-41-38-35-32-30-28-26-23-20-17-14-11-8-5-2/h9,12,15,18,21,23-24,26,28-32,35-36,39,59H,4-8,10-11,13-14,16-17,19-20,22,25,27,33-34,37-38,40-58H2,1-3H3/b12-9+,18-15+,24-21+,26-23+,30-28+,31-29+,35-32+,39-36+. The highest BCUT2D eigenvalue weighted by Crippen LogP contribution is 2.14. The zero-order chi connectivity index (χ0) is 49.3. The summed E-state index contributed by atoms with van der Waals surface area (Å²) in [7, 11) is 0. The molecule has 388 valence electrons. The van der Waals surface area contributed by atoms with Gasteiger partial charge in [0.15, 0.2) is 6.10 Å². The lowest BCUT2D eigenvalue weighted by Crippen LogP contribution is -2.30. The van der Waals surface area contributed by atoms with Crippen LogP contribution in [0.4, 0.5) is 0 Å². The normalized spacial score (nSPS) is 12.8. The van der Waals surface area contributed by atoms with Crippen molar-refractivity contribution in [2.75, 3.05) is 13.2 Å². The van der Waals surface area contributed by atoms with E-state index in [1.165, 1.54) is 122 Å². The smallest absolute Gasteiger partial charge is 0.306 e. The molecule has 0 aromatic rings. The van der Waals surface area contributed by atoms with Gasteiger partial charge in [-0.15, -0.1) is 0 Å². The molecule has 0 bridgehead atoms. The van der Waals surface area contributed by atoms with Gasteiger partial charge in [0.2, 0.25) is 0 Å². The highest BCUT2D eigenvalue weighted by molar-refractivity contribution is 5.71. The molecule has 0 aromatic heterocycles. The van der Waals surface area contributed by atoms with Crippen molar-refractivity contribution in [2.24, 2.45) is 0 Å². The molecule has 1 atom stereocenters. The van der Waals surface area contributed by atoms with E-state index in [1.54, 1.807) is 0 Å². The lowest BCUT2D eigenvalue weighted by molar-refractivity contribution is -0.167. The van der Waals surface area contributed by atoms with Crippen molar-refractivity contribution in [1.29, 1.82) is 0 Å². The van der Waals surface area contributed by atoms with Crippen molar-refractivity contribution in [3.05, 3.63) is 97.2 Å². The number of carbonyl (C=O) groups is 3. The lowest BCUT2D eigenvalue weighted by Gasteiger charge is -2.18. The highest BCUT2D eigenvalue weighted by Gasteiger charge is 2.19. The van der Waals surface area contributed by atoms with E-state index in [4.69, 9.17) is 14.2 Å². The van der Waals surface area contributed by atoms with Crippen LogP contribution in [-0.2, 0) is 28.6 Å². The van der Waals surface area contributed by atoms with Gasteiger partial charge in [-0.1, -0.05) is 246 Å². The fourth-order valence-corrected chi connectivity index (χ4v) is 7.68. The monoisotopic (exact) mass is 945 g/mol. The Kier molecular flexibility index (Phi) is 52.9. The van der Waals surface area contributed by atoms with Crippen LogP contribution in [0.5, 0.6) is 0 Å². The van der Waals surface area contributed by atoms with E-state index in [0.717, 1.165) is 96.3 Å². The van der Waals surface area contributed by atoms with Crippen LogP contribution in [0.2, 0.25) is 0 Å². The third-order valence-electron chi connectivity index (χ3n) is 11.9. The van der Waals surface area contributed by atoms with Crippen LogP contribution in [0.3, 0.4) is 0 Å². The Morgan fingerprint density at radius 1 is 0.309 bits per heavy atom. The summed E-state index contributed by atoms with van der Waals surface area (Å²) in [6.07, 6.45) is 74.0. The second kappa shape index (κ2) is 55.9. The molecule has 0 aliphatic carbocycles. The van der Waals surface area contributed by atoms with E-state index in [-0.39, 0.29) is 31.1 Å². The number of allylic oxidation sites excluding steroid dienone is 16. The van der Waals surface area contributed by atoms with E-state index in [1.807, 2.05) is 36.5 Å². The summed E-state index contributed by atoms with van der Waals surface area (Å²) in [5, 5.41) is 0. The van der Waals surface area contributed by atoms with Crippen molar-refractivity contribution in [1.82, 2.24) is 0 Å². The number of esters is 3. The first kappa shape index (κ1) is 64.3. The van der Waals surface area contributed by atoms with Crippen molar-refractivity contribution < 1.29 is 28.6 Å². The van der Waals surface area contributed by atoms with Gasteiger partial charge < -0.3 is 14.2 Å². The molecule has 0 radical (unpaired) electrons. The Balaban J connectivity index is 4.46. The Labute approximate surface area is 419 Å². The van der Waals surface area contributed by atoms with E-state index in [2.05, 4.69) is 81.5 Å². The number of hydrogen-bond donors (Lipinski definition) is 0. The second-order valence-electron chi connectivity index (χ2n) is 18.6. The van der Waals surface area contributed by atoms with Gasteiger partial charge in [0.25, 0.3) is 0 Å². The quantitative estimate of drug-likeness (QED) is 0.0199. The van der Waals surface area contributed by atoms with Gasteiger partial charge in [0.1, 0.15) is 13.2 Å². The Hall–Kier alpha value is -3.67. The van der Waals surface area contributed by atoms with Crippen LogP contribution >= 0.6 is 0 Å². The van der Waals surface area contributed by atoms with Gasteiger partial charge >= 0.3 is 17.9 Å².